The van der Waals surface area contributed by atoms with Crippen LogP contribution in [0.4, 0.5) is 0 Å². The molecular weight excluding hydrogens is 378 g/mol. The first-order chi connectivity index (χ1) is 13.4. The molecule has 0 aliphatic carbocycles. The molecule has 0 fully saturated rings. The van der Waals surface area contributed by atoms with E-state index in [0.29, 0.717) is 19.7 Å². The van der Waals surface area contributed by atoms with Crippen molar-refractivity contribution in [1.82, 2.24) is 20.2 Å². The van der Waals surface area contributed by atoms with E-state index >= 15 is 0 Å². The van der Waals surface area contributed by atoms with Gasteiger partial charge in [-0.1, -0.05) is 12.1 Å². The summed E-state index contributed by atoms with van der Waals surface area (Å²) in [7, 11) is -2.97. The van der Waals surface area contributed by atoms with E-state index in [1.807, 2.05) is 32.0 Å². The number of aryl methyl sites for hydroxylation is 2. The lowest BCUT2D eigenvalue weighted by Crippen LogP contribution is -2.39. The summed E-state index contributed by atoms with van der Waals surface area (Å²) in [6.45, 7) is 7.58. The number of guanidine groups is 1. The van der Waals surface area contributed by atoms with Gasteiger partial charge in [-0.05, 0) is 32.4 Å². The topological polar surface area (TPSA) is 97.6 Å². The average Bonchev–Trinajstić information content (AvgIpc) is 2.95. The van der Waals surface area contributed by atoms with E-state index in [2.05, 4.69) is 31.2 Å². The molecule has 0 aliphatic rings. The highest BCUT2D eigenvalue weighted by Gasteiger charge is 2.06. The maximum absolute atomic E-state index is 11.1. The summed E-state index contributed by atoms with van der Waals surface area (Å²) in [6, 6.07) is 8.15. The van der Waals surface area contributed by atoms with Crippen LogP contribution in [0.5, 0.6) is 0 Å². The van der Waals surface area contributed by atoms with E-state index in [0.717, 1.165) is 42.3 Å². The number of hydrogen-bond acceptors (Lipinski definition) is 5. The van der Waals surface area contributed by atoms with Crippen molar-refractivity contribution in [2.75, 3.05) is 44.9 Å². The molecule has 0 saturated heterocycles. The summed E-state index contributed by atoms with van der Waals surface area (Å²) in [5, 5.41) is 6.40. The second kappa shape index (κ2) is 11.0. The molecule has 0 atom stereocenters. The van der Waals surface area contributed by atoms with Gasteiger partial charge in [0.1, 0.15) is 15.7 Å². The Morgan fingerprint density at radius 2 is 2.04 bits per heavy atom. The van der Waals surface area contributed by atoms with E-state index in [-0.39, 0.29) is 12.4 Å². The molecule has 0 saturated carbocycles. The van der Waals surface area contributed by atoms with Gasteiger partial charge in [0.05, 0.1) is 30.0 Å². The highest BCUT2D eigenvalue weighted by molar-refractivity contribution is 7.90. The minimum absolute atomic E-state index is 0.0451. The number of ether oxygens (including phenoxy) is 1. The third-order valence-electron chi connectivity index (χ3n) is 4.14. The number of rotatable bonds is 11. The van der Waals surface area contributed by atoms with Crippen LogP contribution in [0, 0.1) is 6.92 Å². The van der Waals surface area contributed by atoms with Gasteiger partial charge in [-0.2, -0.15) is 0 Å². The molecule has 8 nitrogen and oxygen atoms in total. The fourth-order valence-corrected chi connectivity index (χ4v) is 3.21. The number of aromatic nitrogens is 2. The zero-order valence-electron chi connectivity index (χ0n) is 16.9. The first-order valence-corrected chi connectivity index (χ1v) is 11.7. The zero-order chi connectivity index (χ0) is 20.4. The average molecular weight is 410 g/mol. The van der Waals surface area contributed by atoms with Crippen LogP contribution >= 0.6 is 0 Å². The number of sulfone groups is 1. The van der Waals surface area contributed by atoms with E-state index in [9.17, 15) is 8.42 Å². The van der Waals surface area contributed by atoms with Crippen LogP contribution in [0.25, 0.3) is 11.0 Å². The van der Waals surface area contributed by atoms with Gasteiger partial charge in [-0.15, -0.1) is 0 Å². The van der Waals surface area contributed by atoms with Gasteiger partial charge >= 0.3 is 0 Å². The van der Waals surface area contributed by atoms with Crippen LogP contribution in [0.3, 0.4) is 0 Å². The van der Waals surface area contributed by atoms with Crippen molar-refractivity contribution in [1.29, 1.82) is 0 Å². The van der Waals surface area contributed by atoms with Gasteiger partial charge in [-0.3, -0.25) is 4.99 Å². The summed E-state index contributed by atoms with van der Waals surface area (Å²) in [4.78, 5) is 9.18. The quantitative estimate of drug-likeness (QED) is 0.330. The van der Waals surface area contributed by atoms with Crippen molar-refractivity contribution in [3.8, 4) is 0 Å². The Balaban J connectivity index is 1.75. The van der Waals surface area contributed by atoms with Crippen molar-refractivity contribution in [3.05, 3.63) is 30.1 Å². The number of hydrogen-bond donors (Lipinski definition) is 2. The molecule has 1 heterocycles. The van der Waals surface area contributed by atoms with E-state index in [1.165, 1.54) is 6.26 Å². The predicted octanol–water partition coefficient (Wildman–Crippen LogP) is 1.35. The third kappa shape index (κ3) is 7.47. The number of aliphatic imine (C=N–C) groups is 1. The summed E-state index contributed by atoms with van der Waals surface area (Å²) < 4.78 is 29.7. The molecule has 9 heteroatoms. The van der Waals surface area contributed by atoms with Crippen molar-refractivity contribution in [2.45, 2.75) is 26.8 Å². The van der Waals surface area contributed by atoms with Gasteiger partial charge in [0.25, 0.3) is 0 Å². The highest BCUT2D eigenvalue weighted by Crippen LogP contribution is 2.15. The van der Waals surface area contributed by atoms with Gasteiger partial charge in [0.2, 0.25) is 0 Å². The Morgan fingerprint density at radius 3 is 2.79 bits per heavy atom. The van der Waals surface area contributed by atoms with Gasteiger partial charge in [0.15, 0.2) is 5.96 Å². The maximum atomic E-state index is 11.1. The van der Waals surface area contributed by atoms with Gasteiger partial charge < -0.3 is 19.9 Å². The third-order valence-corrected chi connectivity index (χ3v) is 5.04. The molecule has 2 N–H and O–H groups in total. The molecule has 1 aromatic carbocycles. The molecule has 1 aromatic heterocycles. The Bertz CT molecular complexity index is 877. The summed E-state index contributed by atoms with van der Waals surface area (Å²) in [5.41, 5.74) is 2.18. The molecule has 156 valence electrons. The monoisotopic (exact) mass is 409 g/mol. The van der Waals surface area contributed by atoms with Crippen LogP contribution in [0.1, 0.15) is 19.2 Å². The first kappa shape index (κ1) is 22.2. The highest BCUT2D eigenvalue weighted by atomic mass is 32.2. The molecule has 0 aliphatic heterocycles. The maximum Gasteiger partial charge on any atom is 0.191 e. The standard InChI is InChI=1S/C19H31N5O3S/c1-4-20-19(22-11-13-27-14-15-28(3,25)26)21-10-7-12-24-16(2)23-17-8-5-6-9-18(17)24/h5-6,8-9H,4,7,10-15H2,1-3H3,(H2,20,21,22). The Hall–Kier alpha value is -2.13. The normalized spacial score (nSPS) is 12.5. The van der Waals surface area contributed by atoms with E-state index in [1.54, 1.807) is 0 Å². The molecular formula is C19H31N5O3S. The lowest BCUT2D eigenvalue weighted by molar-refractivity contribution is 0.154. The van der Waals surface area contributed by atoms with Crippen molar-refractivity contribution >= 4 is 26.8 Å². The van der Waals surface area contributed by atoms with Crippen molar-refractivity contribution in [3.63, 3.8) is 0 Å². The molecule has 0 spiro atoms. The van der Waals surface area contributed by atoms with Crippen LogP contribution in [-0.2, 0) is 21.1 Å². The predicted molar refractivity (Wildman–Crippen MR) is 114 cm³/mol. The number of nitrogens with one attached hydrogen (secondary N) is 2. The second-order valence-electron chi connectivity index (χ2n) is 6.58. The minimum Gasteiger partial charge on any atom is -0.379 e. The fourth-order valence-electron chi connectivity index (χ4n) is 2.79. The molecule has 2 rings (SSSR count). The number of fused-ring (bicyclic) bond motifs is 1. The van der Waals surface area contributed by atoms with Gasteiger partial charge in [0, 0.05) is 32.4 Å². The Kier molecular flexibility index (Phi) is 8.72. The van der Waals surface area contributed by atoms with Crippen molar-refractivity contribution in [2.24, 2.45) is 4.99 Å². The molecule has 0 unspecified atom stereocenters. The molecule has 0 radical (unpaired) electrons. The zero-order valence-corrected chi connectivity index (χ0v) is 17.8. The number of benzene rings is 1. The molecule has 0 amide bonds. The number of para-hydroxylation sites is 2. The SMILES string of the molecule is CCNC(=NCCCn1c(C)nc2ccccc21)NCCOCCS(C)(=O)=O. The number of imidazole rings is 1. The van der Waals surface area contributed by atoms with Gasteiger partial charge in [-0.25, -0.2) is 13.4 Å². The Morgan fingerprint density at radius 1 is 1.25 bits per heavy atom. The smallest absolute Gasteiger partial charge is 0.191 e. The molecule has 28 heavy (non-hydrogen) atoms. The first-order valence-electron chi connectivity index (χ1n) is 9.60. The lowest BCUT2D eigenvalue weighted by Gasteiger charge is -2.12. The van der Waals surface area contributed by atoms with Crippen LogP contribution in [-0.4, -0.2) is 68.8 Å². The largest absolute Gasteiger partial charge is 0.379 e. The summed E-state index contributed by atoms with van der Waals surface area (Å²) in [6.07, 6.45) is 2.11. The molecule has 0 bridgehead atoms. The van der Waals surface area contributed by atoms with Crippen LogP contribution in [0.2, 0.25) is 0 Å². The summed E-state index contributed by atoms with van der Waals surface area (Å²) in [5.74, 6) is 1.80. The van der Waals surface area contributed by atoms with Crippen molar-refractivity contribution < 1.29 is 13.2 Å². The Labute approximate surface area is 167 Å². The van der Waals surface area contributed by atoms with E-state index in [4.69, 9.17) is 4.74 Å². The minimum atomic E-state index is -2.97. The summed E-state index contributed by atoms with van der Waals surface area (Å²) >= 11 is 0. The van der Waals surface area contributed by atoms with Crippen LogP contribution in [0.15, 0.2) is 29.3 Å². The van der Waals surface area contributed by atoms with E-state index < -0.39 is 9.84 Å². The molecule has 2 aromatic rings. The fraction of sp³-hybridized carbons (Fsp3) is 0.579. The number of nitrogens with zero attached hydrogens (tertiary/aromatic N) is 3. The second-order valence-corrected chi connectivity index (χ2v) is 8.84. The van der Waals surface area contributed by atoms with Crippen LogP contribution < -0.4 is 10.6 Å². The lowest BCUT2D eigenvalue weighted by atomic mass is 10.3.